The molecule has 8 heteroatoms. The molecule has 1 atom stereocenters. The van der Waals surface area contributed by atoms with E-state index in [0.29, 0.717) is 4.47 Å². The summed E-state index contributed by atoms with van der Waals surface area (Å²) in [7, 11) is 0. The van der Waals surface area contributed by atoms with Crippen LogP contribution in [0.3, 0.4) is 0 Å². The molecule has 0 radical (unpaired) electrons. The maximum Gasteiger partial charge on any atom is 0.312 e. The summed E-state index contributed by atoms with van der Waals surface area (Å²) in [5.74, 6) is 1.56. The van der Waals surface area contributed by atoms with E-state index in [-0.39, 0.29) is 23.5 Å². The number of aliphatic hydroxyl groups excluding tert-OH is 1. The summed E-state index contributed by atoms with van der Waals surface area (Å²) < 4.78 is 5.63. The summed E-state index contributed by atoms with van der Waals surface area (Å²) in [6.07, 6.45) is 4.00. The summed E-state index contributed by atoms with van der Waals surface area (Å²) in [6, 6.07) is 2.73. The van der Waals surface area contributed by atoms with E-state index in [2.05, 4.69) is 27.2 Å². The van der Waals surface area contributed by atoms with Gasteiger partial charge in [0.1, 0.15) is 0 Å². The summed E-state index contributed by atoms with van der Waals surface area (Å²) in [4.78, 5) is 21.8. The number of hydrogen-bond acceptors (Lipinski definition) is 5. The van der Waals surface area contributed by atoms with Crippen LogP contribution in [0.5, 0.6) is 5.75 Å². The number of nitrogens with one attached hydrogen (secondary N) is 1. The van der Waals surface area contributed by atoms with Crippen LogP contribution in [0.2, 0.25) is 0 Å². The minimum absolute atomic E-state index is 0.0356. The number of nitro groups is 1. The van der Waals surface area contributed by atoms with Crippen molar-refractivity contribution in [3.63, 3.8) is 0 Å². The third-order valence-corrected chi connectivity index (χ3v) is 2.90. The average molecular weight is 357 g/mol. The van der Waals surface area contributed by atoms with Crippen LogP contribution < -0.4 is 10.1 Å². The first-order chi connectivity index (χ1) is 9.86. The highest BCUT2D eigenvalue weighted by Crippen LogP contribution is 2.37. The molecule has 0 saturated heterocycles. The maximum absolute atomic E-state index is 11.4. The third kappa shape index (κ3) is 4.73. The number of hydrogen-bond donors (Lipinski definition) is 2. The predicted molar refractivity (Wildman–Crippen MR) is 78.8 cm³/mol. The number of benzene rings is 1. The zero-order valence-corrected chi connectivity index (χ0v) is 12.7. The smallest absolute Gasteiger partial charge is 0.312 e. The number of nitrogens with zero attached hydrogens (tertiary/aromatic N) is 1. The van der Waals surface area contributed by atoms with E-state index in [0.717, 1.165) is 0 Å². The zero-order chi connectivity index (χ0) is 16.0. The van der Waals surface area contributed by atoms with Crippen molar-refractivity contribution in [1.82, 2.24) is 5.32 Å². The number of amides is 1. The fourth-order valence-electron chi connectivity index (χ4n) is 1.54. The van der Waals surface area contributed by atoms with Gasteiger partial charge in [0.05, 0.1) is 17.6 Å². The molecule has 0 bridgehead atoms. The number of ether oxygens (including phenoxy) is 1. The first-order valence-corrected chi connectivity index (χ1v) is 6.65. The van der Waals surface area contributed by atoms with Crippen LogP contribution in [0, 0.1) is 22.5 Å². The Labute approximate surface area is 129 Å². The first-order valence-electron chi connectivity index (χ1n) is 5.85. The van der Waals surface area contributed by atoms with Crippen molar-refractivity contribution < 1.29 is 19.6 Å². The Balaban J connectivity index is 3.06. The van der Waals surface area contributed by atoms with Crippen LogP contribution in [0.1, 0.15) is 18.6 Å². The molecule has 7 nitrogen and oxygen atoms in total. The van der Waals surface area contributed by atoms with Gasteiger partial charge in [-0.2, -0.15) is 0 Å². The van der Waals surface area contributed by atoms with Crippen LogP contribution in [-0.2, 0) is 4.79 Å². The van der Waals surface area contributed by atoms with Crippen molar-refractivity contribution >= 4 is 27.5 Å². The molecule has 0 aliphatic carbocycles. The predicted octanol–water partition coefficient (Wildman–Crippen LogP) is 1.54. The Hall–Kier alpha value is -2.11. The maximum atomic E-state index is 11.4. The number of nitro benzene ring substituents is 1. The fraction of sp³-hybridized carbons (Fsp3) is 0.308. The first kappa shape index (κ1) is 16.9. The molecule has 0 spiro atoms. The third-order valence-electron chi connectivity index (χ3n) is 2.44. The van der Waals surface area contributed by atoms with Crippen molar-refractivity contribution in [2.24, 2.45) is 0 Å². The van der Waals surface area contributed by atoms with Gasteiger partial charge < -0.3 is 15.2 Å². The molecule has 1 rings (SSSR count). The lowest BCUT2D eigenvalue weighted by Crippen LogP contribution is -2.29. The molecule has 0 saturated carbocycles. The Kier molecular flexibility index (Phi) is 6.14. The minimum atomic E-state index is -0.995. The Morgan fingerprint density at radius 1 is 1.67 bits per heavy atom. The second kappa shape index (κ2) is 7.61. The lowest BCUT2D eigenvalue weighted by molar-refractivity contribution is -0.386. The van der Waals surface area contributed by atoms with Gasteiger partial charge in [0, 0.05) is 16.1 Å². The Bertz CT molecular complexity index is 595. The highest BCUT2D eigenvalue weighted by Gasteiger charge is 2.24. The molecule has 0 fully saturated rings. The van der Waals surface area contributed by atoms with Crippen molar-refractivity contribution in [3.05, 3.63) is 32.3 Å². The summed E-state index contributed by atoms with van der Waals surface area (Å²) >= 11 is 3.13. The van der Waals surface area contributed by atoms with Crippen LogP contribution in [0.15, 0.2) is 16.6 Å². The monoisotopic (exact) mass is 356 g/mol. The average Bonchev–Trinajstić information content (AvgIpc) is 2.42. The van der Waals surface area contributed by atoms with E-state index in [4.69, 9.17) is 11.2 Å². The zero-order valence-electron chi connectivity index (χ0n) is 11.1. The molecule has 1 aromatic rings. The molecule has 21 heavy (non-hydrogen) atoms. The molecular formula is C13H13BrN2O5. The van der Waals surface area contributed by atoms with Gasteiger partial charge in [-0.25, -0.2) is 0 Å². The molecule has 1 aromatic carbocycles. The number of aliphatic hydroxyl groups is 1. The van der Waals surface area contributed by atoms with E-state index in [1.807, 2.05) is 0 Å². The summed E-state index contributed by atoms with van der Waals surface area (Å²) in [6.45, 7) is 1.04. The van der Waals surface area contributed by atoms with Gasteiger partial charge in [-0.15, -0.1) is 6.42 Å². The Morgan fingerprint density at radius 3 is 2.86 bits per heavy atom. The SMILES string of the molecule is C#CCNC(=O)COc1c([C@H](C)O)cc(Br)cc1[N+](=O)[O-]. The molecule has 0 heterocycles. The van der Waals surface area contributed by atoms with Gasteiger partial charge in [-0.3, -0.25) is 14.9 Å². The van der Waals surface area contributed by atoms with E-state index >= 15 is 0 Å². The van der Waals surface area contributed by atoms with E-state index in [9.17, 15) is 20.0 Å². The topological polar surface area (TPSA) is 102 Å². The number of terminal acetylenes is 1. The van der Waals surface area contributed by atoms with Crippen molar-refractivity contribution in [1.29, 1.82) is 0 Å². The standard InChI is InChI=1S/C13H13BrN2O5/c1-3-4-15-12(18)7-21-13-10(8(2)17)5-9(14)6-11(13)16(19)20/h1,5-6,8,17H,4,7H2,2H3,(H,15,18)/t8-/m0/s1. The molecule has 2 N–H and O–H groups in total. The number of halogens is 1. The van der Waals surface area contributed by atoms with Crippen molar-refractivity contribution in [2.45, 2.75) is 13.0 Å². The largest absolute Gasteiger partial charge is 0.476 e. The van der Waals surface area contributed by atoms with Gasteiger partial charge in [0.25, 0.3) is 5.91 Å². The van der Waals surface area contributed by atoms with Gasteiger partial charge in [-0.05, 0) is 13.0 Å². The van der Waals surface area contributed by atoms with Gasteiger partial charge in [0.15, 0.2) is 6.61 Å². The Morgan fingerprint density at radius 2 is 2.33 bits per heavy atom. The quantitative estimate of drug-likeness (QED) is 0.457. The van der Waals surface area contributed by atoms with E-state index in [1.54, 1.807) is 0 Å². The molecule has 1 amide bonds. The van der Waals surface area contributed by atoms with Gasteiger partial charge in [-0.1, -0.05) is 21.9 Å². The van der Waals surface area contributed by atoms with Crippen LogP contribution in [0.25, 0.3) is 0 Å². The number of carbonyl (C=O) groups is 1. The summed E-state index contributed by atoms with van der Waals surface area (Å²) in [5.41, 5.74) is -0.133. The molecule has 0 aromatic heterocycles. The minimum Gasteiger partial charge on any atom is -0.476 e. The van der Waals surface area contributed by atoms with E-state index < -0.39 is 23.5 Å². The van der Waals surface area contributed by atoms with Crippen LogP contribution in [0.4, 0.5) is 5.69 Å². The van der Waals surface area contributed by atoms with E-state index in [1.165, 1.54) is 19.1 Å². The molecule has 0 unspecified atom stereocenters. The normalized spacial score (nSPS) is 11.3. The molecule has 112 valence electrons. The molecule has 0 aliphatic rings. The van der Waals surface area contributed by atoms with Crippen molar-refractivity contribution in [2.75, 3.05) is 13.2 Å². The summed E-state index contributed by atoms with van der Waals surface area (Å²) in [5, 5.41) is 23.1. The fourth-order valence-corrected chi connectivity index (χ4v) is 2.00. The van der Waals surface area contributed by atoms with Gasteiger partial charge in [0.2, 0.25) is 5.75 Å². The second-order valence-corrected chi connectivity index (χ2v) is 4.96. The van der Waals surface area contributed by atoms with Gasteiger partial charge >= 0.3 is 5.69 Å². The molecular weight excluding hydrogens is 344 g/mol. The lowest BCUT2D eigenvalue weighted by Gasteiger charge is -2.14. The second-order valence-electron chi connectivity index (χ2n) is 4.05. The van der Waals surface area contributed by atoms with Crippen molar-refractivity contribution in [3.8, 4) is 18.1 Å². The van der Waals surface area contributed by atoms with Crippen LogP contribution in [-0.4, -0.2) is 29.1 Å². The number of rotatable bonds is 6. The lowest BCUT2D eigenvalue weighted by atomic mass is 10.1. The molecule has 0 aliphatic heterocycles. The highest BCUT2D eigenvalue weighted by molar-refractivity contribution is 9.10. The number of carbonyl (C=O) groups excluding carboxylic acids is 1. The van der Waals surface area contributed by atoms with Crippen LogP contribution >= 0.6 is 15.9 Å². The highest BCUT2D eigenvalue weighted by atomic mass is 79.9.